The molecule has 89 heavy (non-hydrogen) atoms. The molecule has 5 atom stereocenters. The van der Waals surface area contributed by atoms with E-state index in [9.17, 15) is 43.2 Å². The fourth-order valence-electron chi connectivity index (χ4n) is 10.5. The Kier molecular flexibility index (Phi) is 59.6. The maximum atomic E-state index is 13.0. The van der Waals surface area contributed by atoms with E-state index in [1.807, 2.05) is 0 Å². The molecule has 0 aromatic carbocycles. The Bertz CT molecular complexity index is 1750. The molecule has 0 aliphatic carbocycles. The average Bonchev–Trinajstić information content (AvgIpc) is 3.70. The average molecular weight is 1310 g/mol. The van der Waals surface area contributed by atoms with Crippen LogP contribution in [0.4, 0.5) is 0 Å². The van der Waals surface area contributed by atoms with Crippen molar-refractivity contribution in [1.82, 2.24) is 0 Å². The van der Waals surface area contributed by atoms with Crippen LogP contribution in [0.3, 0.4) is 0 Å². The highest BCUT2D eigenvalue weighted by atomic mass is 31.2. The SMILES string of the molecule is CCCCCCCCCC(=O)OC[C@H](COP(=O)(O)OC[C@H](O)COP(=O)(O)OC[C@@H](COC(=O)CCCCCCCCCCCCCC(C)C)OC(=O)CCCCCCCCCCCCCCCCCCC(C)C)OC(=O)CCCCCCCCC(C)C. The summed E-state index contributed by atoms with van der Waals surface area (Å²) >= 11 is 0. The van der Waals surface area contributed by atoms with Crippen molar-refractivity contribution in [2.24, 2.45) is 17.8 Å². The van der Waals surface area contributed by atoms with Crippen LogP contribution in [-0.2, 0) is 65.4 Å². The molecule has 2 unspecified atom stereocenters. The van der Waals surface area contributed by atoms with Crippen molar-refractivity contribution in [2.45, 2.75) is 369 Å². The van der Waals surface area contributed by atoms with E-state index >= 15 is 0 Å². The largest absolute Gasteiger partial charge is 0.472 e. The Morgan fingerprint density at radius 1 is 0.303 bits per heavy atom. The van der Waals surface area contributed by atoms with E-state index in [0.29, 0.717) is 31.6 Å². The van der Waals surface area contributed by atoms with Gasteiger partial charge >= 0.3 is 39.5 Å². The molecule has 528 valence electrons. The zero-order valence-electron chi connectivity index (χ0n) is 57.9. The molecule has 17 nitrogen and oxygen atoms in total. The summed E-state index contributed by atoms with van der Waals surface area (Å²) < 4.78 is 68.1. The van der Waals surface area contributed by atoms with Crippen LogP contribution < -0.4 is 0 Å². The third-order valence-corrected chi connectivity index (χ3v) is 18.0. The smallest absolute Gasteiger partial charge is 0.462 e. The molecular weight excluding hydrogens is 1170 g/mol. The quantitative estimate of drug-likeness (QED) is 0.0222. The lowest BCUT2D eigenvalue weighted by molar-refractivity contribution is -0.161. The number of esters is 4. The van der Waals surface area contributed by atoms with Gasteiger partial charge in [-0.05, 0) is 43.4 Å². The highest BCUT2D eigenvalue weighted by Crippen LogP contribution is 2.45. The molecule has 0 heterocycles. The molecule has 0 saturated heterocycles. The Morgan fingerprint density at radius 2 is 0.517 bits per heavy atom. The van der Waals surface area contributed by atoms with Crippen molar-refractivity contribution in [2.75, 3.05) is 39.6 Å². The monoisotopic (exact) mass is 1310 g/mol. The number of ether oxygens (including phenoxy) is 4. The highest BCUT2D eigenvalue weighted by molar-refractivity contribution is 7.47. The van der Waals surface area contributed by atoms with Gasteiger partial charge in [0.05, 0.1) is 26.4 Å². The minimum atomic E-state index is -4.95. The fraction of sp³-hybridized carbons (Fsp3) is 0.943. The fourth-order valence-corrected chi connectivity index (χ4v) is 12.1. The van der Waals surface area contributed by atoms with Crippen molar-refractivity contribution in [1.29, 1.82) is 0 Å². The number of hydrogen-bond acceptors (Lipinski definition) is 15. The molecule has 0 radical (unpaired) electrons. The molecular formula is C70H136O17P2. The normalized spacial score (nSPS) is 14.2. The molecule has 19 heteroatoms. The molecule has 0 bridgehead atoms. The van der Waals surface area contributed by atoms with Crippen LogP contribution in [0.1, 0.15) is 350 Å². The molecule has 0 aromatic heterocycles. The van der Waals surface area contributed by atoms with Gasteiger partial charge in [0.2, 0.25) is 0 Å². The Labute approximate surface area is 543 Å². The lowest BCUT2D eigenvalue weighted by Crippen LogP contribution is -2.30. The topological polar surface area (TPSA) is 237 Å². The second-order valence-electron chi connectivity index (χ2n) is 26.7. The number of phosphoric ester groups is 2. The standard InChI is InChI=1S/C70H136O17P2/c1-8-9-10-11-27-37-44-51-67(72)80-57-66(87-70(75)54-47-40-33-32-36-43-50-63(6)7)60-85-89(78,79)83-56-64(71)55-82-88(76,77)84-59-65(58-81-68(73)52-45-38-30-25-22-18-20-24-29-35-42-49-62(4)5)86-69(74)53-46-39-31-26-21-17-15-13-12-14-16-19-23-28-34-41-48-61(2)3/h61-66,71H,8-60H2,1-7H3,(H,76,77)(H,78,79)/t64-,65-,66-/m1/s1. The summed E-state index contributed by atoms with van der Waals surface area (Å²) in [7, 11) is -9.89. The van der Waals surface area contributed by atoms with E-state index in [2.05, 4.69) is 48.5 Å². The minimum absolute atomic E-state index is 0.102. The Hall–Kier alpha value is -1.94. The van der Waals surface area contributed by atoms with Crippen LogP contribution in [0.15, 0.2) is 0 Å². The number of unbranched alkanes of at least 4 members (excludes halogenated alkanes) is 36. The van der Waals surface area contributed by atoms with Crippen molar-refractivity contribution in [3.05, 3.63) is 0 Å². The molecule has 0 rings (SSSR count). The predicted molar refractivity (Wildman–Crippen MR) is 358 cm³/mol. The zero-order valence-corrected chi connectivity index (χ0v) is 59.7. The second kappa shape index (κ2) is 61.0. The van der Waals surface area contributed by atoms with Crippen molar-refractivity contribution in [3.8, 4) is 0 Å². The number of hydrogen-bond donors (Lipinski definition) is 3. The van der Waals surface area contributed by atoms with E-state index in [0.717, 1.165) is 115 Å². The molecule has 0 saturated carbocycles. The summed E-state index contributed by atoms with van der Waals surface area (Å²) in [6, 6.07) is 0. The predicted octanol–water partition coefficient (Wildman–Crippen LogP) is 19.8. The lowest BCUT2D eigenvalue weighted by Gasteiger charge is -2.21. The van der Waals surface area contributed by atoms with E-state index in [1.54, 1.807) is 0 Å². The zero-order chi connectivity index (χ0) is 65.9. The van der Waals surface area contributed by atoms with E-state index in [1.165, 1.54) is 148 Å². The summed E-state index contributed by atoms with van der Waals surface area (Å²) in [5.41, 5.74) is 0. The first-order valence-electron chi connectivity index (χ1n) is 36.3. The van der Waals surface area contributed by atoms with Gasteiger partial charge in [0, 0.05) is 25.7 Å². The minimum Gasteiger partial charge on any atom is -0.462 e. The maximum absolute atomic E-state index is 13.0. The molecule has 0 spiro atoms. The molecule has 3 N–H and O–H groups in total. The van der Waals surface area contributed by atoms with Gasteiger partial charge in [-0.2, -0.15) is 0 Å². The first kappa shape index (κ1) is 87.1. The summed E-state index contributed by atoms with van der Waals surface area (Å²) in [5, 5.41) is 10.6. The van der Waals surface area contributed by atoms with Crippen LogP contribution in [0, 0.1) is 17.8 Å². The molecule has 0 aromatic rings. The van der Waals surface area contributed by atoms with Crippen molar-refractivity contribution >= 4 is 39.5 Å². The number of aliphatic hydroxyl groups is 1. The first-order chi connectivity index (χ1) is 42.7. The van der Waals surface area contributed by atoms with Gasteiger partial charge in [-0.1, -0.05) is 299 Å². The van der Waals surface area contributed by atoms with E-state index in [-0.39, 0.29) is 25.7 Å². The third-order valence-electron chi connectivity index (χ3n) is 16.1. The summed E-state index contributed by atoms with van der Waals surface area (Å²) in [6.07, 6.45) is 44.8. The van der Waals surface area contributed by atoms with Crippen LogP contribution in [0.5, 0.6) is 0 Å². The highest BCUT2D eigenvalue weighted by Gasteiger charge is 2.30. The van der Waals surface area contributed by atoms with Crippen molar-refractivity contribution in [3.63, 3.8) is 0 Å². The van der Waals surface area contributed by atoms with Gasteiger partial charge < -0.3 is 33.8 Å². The first-order valence-corrected chi connectivity index (χ1v) is 39.3. The number of carbonyl (C=O) groups excluding carboxylic acids is 4. The van der Waals surface area contributed by atoms with Gasteiger partial charge in [-0.15, -0.1) is 0 Å². The van der Waals surface area contributed by atoms with Crippen LogP contribution >= 0.6 is 15.6 Å². The third kappa shape index (κ3) is 64.6. The van der Waals surface area contributed by atoms with E-state index < -0.39 is 97.5 Å². The van der Waals surface area contributed by atoms with Crippen LogP contribution in [0.2, 0.25) is 0 Å². The van der Waals surface area contributed by atoms with E-state index in [4.69, 9.17) is 37.0 Å². The maximum Gasteiger partial charge on any atom is 0.472 e. The Balaban J connectivity index is 5.17. The van der Waals surface area contributed by atoms with Crippen LogP contribution in [-0.4, -0.2) is 96.7 Å². The molecule has 0 aliphatic heterocycles. The summed E-state index contributed by atoms with van der Waals surface area (Å²) in [5.74, 6) is 0.115. The summed E-state index contributed by atoms with van der Waals surface area (Å²) in [4.78, 5) is 72.3. The van der Waals surface area contributed by atoms with Gasteiger partial charge in [-0.25, -0.2) is 9.13 Å². The molecule has 0 aliphatic rings. The van der Waals surface area contributed by atoms with Gasteiger partial charge in [0.15, 0.2) is 12.2 Å². The lowest BCUT2D eigenvalue weighted by atomic mass is 10.0. The van der Waals surface area contributed by atoms with Crippen molar-refractivity contribution < 1.29 is 80.2 Å². The van der Waals surface area contributed by atoms with Gasteiger partial charge in [0.25, 0.3) is 0 Å². The number of phosphoric acid groups is 2. The second-order valence-corrected chi connectivity index (χ2v) is 29.6. The van der Waals surface area contributed by atoms with Crippen LogP contribution in [0.25, 0.3) is 0 Å². The molecule has 0 fully saturated rings. The number of carbonyl (C=O) groups is 4. The van der Waals surface area contributed by atoms with Gasteiger partial charge in [0.1, 0.15) is 19.3 Å². The number of rotatable bonds is 68. The Morgan fingerprint density at radius 3 is 0.764 bits per heavy atom. The number of aliphatic hydroxyl groups excluding tert-OH is 1. The summed E-state index contributed by atoms with van der Waals surface area (Å²) in [6.45, 7) is 11.7. The molecule has 0 amide bonds. The van der Waals surface area contributed by atoms with Gasteiger partial charge in [-0.3, -0.25) is 37.3 Å².